The van der Waals surface area contributed by atoms with Gasteiger partial charge in [-0.2, -0.15) is 0 Å². The maximum atomic E-state index is 11.0. The van der Waals surface area contributed by atoms with Gasteiger partial charge in [-0.15, -0.1) is 0 Å². The summed E-state index contributed by atoms with van der Waals surface area (Å²) in [5.41, 5.74) is 0.984. The van der Waals surface area contributed by atoms with Crippen molar-refractivity contribution >= 4 is 29.9 Å². The fourth-order valence-corrected chi connectivity index (χ4v) is 3.12. The van der Waals surface area contributed by atoms with Crippen LogP contribution in [0.4, 0.5) is 0 Å². The van der Waals surface area contributed by atoms with Gasteiger partial charge in [0, 0.05) is 0 Å². The molecule has 15 heavy (non-hydrogen) atoms. The predicted molar refractivity (Wildman–Crippen MR) is 60.3 cm³/mol. The number of thiophene rings is 1. The van der Waals surface area contributed by atoms with E-state index in [0.717, 1.165) is 10.4 Å². The molecule has 5 heteroatoms. The Bertz CT molecular complexity index is 484. The monoisotopic (exact) mass is 284 g/mol. The maximum absolute atomic E-state index is 11.0. The van der Waals surface area contributed by atoms with Crippen LogP contribution in [0.15, 0.2) is 41.8 Å². The van der Waals surface area contributed by atoms with Crippen molar-refractivity contribution in [2.75, 3.05) is 0 Å². The van der Waals surface area contributed by atoms with E-state index in [1.54, 1.807) is 23.5 Å². The van der Waals surface area contributed by atoms with Crippen molar-refractivity contribution in [2.45, 2.75) is 0 Å². The third kappa shape index (κ3) is 2.41. The summed E-state index contributed by atoms with van der Waals surface area (Å²) in [5.74, 6) is 0. The van der Waals surface area contributed by atoms with E-state index in [-0.39, 0.29) is 4.35 Å². The first-order chi connectivity index (χ1) is 7.07. The van der Waals surface area contributed by atoms with E-state index < -0.39 is 14.2 Å². The van der Waals surface area contributed by atoms with Crippen molar-refractivity contribution in [3.8, 4) is 10.4 Å². The third-order valence-corrected chi connectivity index (χ3v) is 4.97. The van der Waals surface area contributed by atoms with Crippen molar-refractivity contribution in [3.63, 3.8) is 0 Å². The van der Waals surface area contributed by atoms with Gasteiger partial charge in [0.2, 0.25) is 0 Å². The summed E-state index contributed by atoms with van der Waals surface area (Å²) < 4.78 is 29.1. The molecule has 3 nitrogen and oxygen atoms in total. The molecule has 0 radical (unpaired) electrons. The summed E-state index contributed by atoms with van der Waals surface area (Å²) in [4.78, 5) is 1.10. The first-order valence-corrected chi connectivity index (χ1v) is 8.54. The average Bonchev–Trinajstić information content (AvgIpc) is 2.69. The Labute approximate surface area is 94.0 Å². The zero-order valence-electron chi connectivity index (χ0n) is 7.70. The van der Waals surface area contributed by atoms with Crippen molar-refractivity contribution in [2.24, 2.45) is 0 Å². The first-order valence-electron chi connectivity index (χ1n) is 4.27. The molecule has 2 aromatic rings. The average molecular weight is 284 g/mol. The minimum atomic E-state index is -4.72. The Hall–Kier alpha value is -0.802. The Kier molecular flexibility index (Phi) is 2.85. The number of benzene rings is 1. The van der Waals surface area contributed by atoms with Crippen LogP contribution in [0, 0.1) is 0 Å². The van der Waals surface area contributed by atoms with Gasteiger partial charge in [-0.3, -0.25) is 0 Å². The second-order valence-electron chi connectivity index (χ2n) is 3.07. The molecule has 0 spiro atoms. The number of rotatable bonds is 2. The van der Waals surface area contributed by atoms with E-state index in [2.05, 4.69) is 0 Å². The molecule has 2 N–H and O–H groups in total. The van der Waals surface area contributed by atoms with Gasteiger partial charge in [0.25, 0.3) is 0 Å². The molecule has 0 saturated carbocycles. The van der Waals surface area contributed by atoms with E-state index in [1.165, 1.54) is 12.1 Å². The second kappa shape index (κ2) is 3.99. The van der Waals surface area contributed by atoms with Crippen LogP contribution in [0.2, 0.25) is 0 Å². The molecule has 1 heterocycles. The van der Waals surface area contributed by atoms with Gasteiger partial charge in [-0.25, -0.2) is 0 Å². The quantitative estimate of drug-likeness (QED) is 0.808. The normalized spacial score (nSPS) is 11.6. The zero-order valence-corrected chi connectivity index (χ0v) is 10.4. The fraction of sp³-hybridized carbons (Fsp3) is 0. The summed E-state index contributed by atoms with van der Waals surface area (Å²) >= 11 is -3.12. The molecule has 0 bridgehead atoms. The molecule has 0 saturated heterocycles. The van der Waals surface area contributed by atoms with Crippen molar-refractivity contribution in [3.05, 3.63) is 41.8 Å². The summed E-state index contributed by atoms with van der Waals surface area (Å²) in [6.45, 7) is 0. The molecule has 78 valence electrons. The summed E-state index contributed by atoms with van der Waals surface area (Å²) in [6.07, 6.45) is 0. The fourth-order valence-electron chi connectivity index (χ4n) is 1.26. The SMILES string of the molecule is O=[As](O)(O)c1ccc(-c2cccs2)cc1. The summed E-state index contributed by atoms with van der Waals surface area (Å²) in [6, 6.07) is 10.4. The molecule has 0 fully saturated rings. The molecule has 1 aromatic heterocycles. The van der Waals surface area contributed by atoms with Gasteiger partial charge < -0.3 is 0 Å². The first kappa shape index (κ1) is 10.7. The van der Waals surface area contributed by atoms with Gasteiger partial charge in [0.15, 0.2) is 0 Å². The third-order valence-electron chi connectivity index (χ3n) is 2.01. The van der Waals surface area contributed by atoms with Crippen LogP contribution < -0.4 is 4.35 Å². The molecule has 0 amide bonds. The van der Waals surface area contributed by atoms with Crippen molar-refractivity contribution < 1.29 is 11.9 Å². The van der Waals surface area contributed by atoms with Gasteiger partial charge in [-0.1, -0.05) is 0 Å². The van der Waals surface area contributed by atoms with Gasteiger partial charge in [0.05, 0.1) is 0 Å². The standard InChI is InChI=1S/C10H9AsO3S/c12-11(13,14)9-5-3-8(4-6-9)10-2-1-7-15-10/h1-7H,(H2,12,13,14). The van der Waals surface area contributed by atoms with Gasteiger partial charge in [-0.05, 0) is 0 Å². The van der Waals surface area contributed by atoms with Crippen molar-refractivity contribution in [1.82, 2.24) is 0 Å². The topological polar surface area (TPSA) is 57.5 Å². The van der Waals surface area contributed by atoms with Crippen LogP contribution in [0.25, 0.3) is 10.4 Å². The Morgan fingerprint density at radius 1 is 1.07 bits per heavy atom. The molecular formula is C10H9AsO3S. The molecule has 0 aliphatic heterocycles. The zero-order chi connectivity index (χ0) is 10.9. The Balaban J connectivity index is 2.37. The Morgan fingerprint density at radius 3 is 2.20 bits per heavy atom. The van der Waals surface area contributed by atoms with Crippen LogP contribution >= 0.6 is 11.3 Å². The van der Waals surface area contributed by atoms with Crippen LogP contribution in [-0.4, -0.2) is 22.4 Å². The van der Waals surface area contributed by atoms with Crippen molar-refractivity contribution in [1.29, 1.82) is 0 Å². The molecule has 0 unspecified atom stereocenters. The summed E-state index contributed by atoms with van der Waals surface area (Å²) in [7, 11) is 0. The van der Waals surface area contributed by atoms with E-state index >= 15 is 0 Å². The van der Waals surface area contributed by atoms with Crippen LogP contribution in [-0.2, 0) is 3.74 Å². The molecule has 0 atom stereocenters. The molecule has 2 rings (SSSR count). The van der Waals surface area contributed by atoms with E-state index in [1.807, 2.05) is 17.5 Å². The number of hydrogen-bond acceptors (Lipinski definition) is 2. The molecule has 0 aliphatic rings. The van der Waals surface area contributed by atoms with Gasteiger partial charge >= 0.3 is 94.0 Å². The summed E-state index contributed by atoms with van der Waals surface area (Å²) in [5, 5.41) is 1.97. The molecular weight excluding hydrogens is 275 g/mol. The number of hydrogen-bond donors (Lipinski definition) is 2. The second-order valence-corrected chi connectivity index (χ2v) is 7.38. The minimum absolute atomic E-state index is 0.119. The van der Waals surface area contributed by atoms with Gasteiger partial charge in [0.1, 0.15) is 0 Å². The van der Waals surface area contributed by atoms with E-state index in [9.17, 15) is 3.74 Å². The predicted octanol–water partition coefficient (Wildman–Crippen LogP) is 0.976. The van der Waals surface area contributed by atoms with E-state index in [4.69, 9.17) is 8.19 Å². The van der Waals surface area contributed by atoms with Crippen LogP contribution in [0.5, 0.6) is 0 Å². The Morgan fingerprint density at radius 2 is 1.73 bits per heavy atom. The molecule has 1 aromatic carbocycles. The van der Waals surface area contributed by atoms with Crippen LogP contribution in [0.1, 0.15) is 0 Å². The van der Waals surface area contributed by atoms with Crippen LogP contribution in [0.3, 0.4) is 0 Å². The van der Waals surface area contributed by atoms with E-state index in [0.29, 0.717) is 0 Å². The molecule has 0 aliphatic carbocycles.